The lowest BCUT2D eigenvalue weighted by Gasteiger charge is -2.25. The van der Waals surface area contributed by atoms with Crippen molar-refractivity contribution < 1.29 is 0 Å². The minimum absolute atomic E-state index is 0.0846. The lowest BCUT2D eigenvalue weighted by Crippen LogP contribution is -2.34. The van der Waals surface area contributed by atoms with Crippen LogP contribution < -0.4 is 11.1 Å². The van der Waals surface area contributed by atoms with Gasteiger partial charge in [-0.1, -0.05) is 129 Å². The highest BCUT2D eigenvalue weighted by Crippen LogP contribution is 2.51. The second kappa shape index (κ2) is 10.3. The predicted octanol–water partition coefficient (Wildman–Crippen LogP) is 9.71. The summed E-state index contributed by atoms with van der Waals surface area (Å²) in [5.41, 5.74) is 16.8. The summed E-state index contributed by atoms with van der Waals surface area (Å²) in [6.45, 7) is 4.70. The molecule has 0 amide bonds. The monoisotopic (exact) mass is 569 g/mol. The molecule has 8 rings (SSSR count). The van der Waals surface area contributed by atoms with Gasteiger partial charge in [-0.3, -0.25) is 5.32 Å². The van der Waals surface area contributed by atoms with E-state index >= 15 is 0 Å². The minimum atomic E-state index is -0.349. The van der Waals surface area contributed by atoms with Gasteiger partial charge in [-0.2, -0.15) is 0 Å². The van der Waals surface area contributed by atoms with Crippen LogP contribution in [0.5, 0.6) is 0 Å². The van der Waals surface area contributed by atoms with Crippen molar-refractivity contribution in [2.45, 2.75) is 31.6 Å². The summed E-state index contributed by atoms with van der Waals surface area (Å²) in [6, 6.07) is 47.7. The van der Waals surface area contributed by atoms with Crippen LogP contribution in [0.15, 0.2) is 140 Å². The standard InChI is InChI=1S/C41H35N3/c1-41(2)34-20-12-17-27(39(34)33-25-29-15-6-7-16-30(29)26-35(33)41)23-24-38(43-40(42)28-13-4-3-5-14-28)44-36-21-10-8-18-31(36)32-19-9-11-22-37(32)44/h3-26,38,40,43H,42H2,1-2H3/b24-23+. The summed E-state index contributed by atoms with van der Waals surface area (Å²) in [6.07, 6.45) is 4.02. The highest BCUT2D eigenvalue weighted by Gasteiger charge is 2.36. The van der Waals surface area contributed by atoms with E-state index in [1.165, 1.54) is 60.4 Å². The molecule has 3 heteroatoms. The van der Waals surface area contributed by atoms with Crippen molar-refractivity contribution >= 4 is 38.7 Å². The number of para-hydroxylation sites is 2. The molecule has 1 aromatic heterocycles. The Morgan fingerprint density at radius 2 is 1.27 bits per heavy atom. The van der Waals surface area contributed by atoms with Crippen molar-refractivity contribution in [1.82, 2.24) is 9.88 Å². The van der Waals surface area contributed by atoms with Gasteiger partial charge in [0.05, 0.1) is 17.2 Å². The Morgan fingerprint density at radius 3 is 1.98 bits per heavy atom. The molecule has 1 aliphatic carbocycles. The first-order valence-corrected chi connectivity index (χ1v) is 15.4. The van der Waals surface area contributed by atoms with Crippen molar-refractivity contribution in [2.75, 3.05) is 0 Å². The average Bonchev–Trinajstić information content (AvgIpc) is 3.51. The summed E-state index contributed by atoms with van der Waals surface area (Å²) >= 11 is 0. The van der Waals surface area contributed by atoms with E-state index in [0.29, 0.717) is 0 Å². The Balaban J connectivity index is 1.30. The molecule has 1 aliphatic rings. The summed E-state index contributed by atoms with van der Waals surface area (Å²) in [7, 11) is 0. The third kappa shape index (κ3) is 4.20. The van der Waals surface area contributed by atoms with Crippen molar-refractivity contribution in [3.8, 4) is 11.1 Å². The van der Waals surface area contributed by atoms with Gasteiger partial charge >= 0.3 is 0 Å². The summed E-state index contributed by atoms with van der Waals surface area (Å²) in [5, 5.41) is 8.80. The Bertz CT molecular complexity index is 2150. The quantitative estimate of drug-likeness (QED) is 0.196. The molecule has 0 bridgehead atoms. The molecule has 0 saturated heterocycles. The van der Waals surface area contributed by atoms with Gasteiger partial charge in [0.1, 0.15) is 6.17 Å². The molecule has 0 saturated carbocycles. The molecule has 3 nitrogen and oxygen atoms in total. The van der Waals surface area contributed by atoms with Gasteiger partial charge in [0.25, 0.3) is 0 Å². The molecule has 0 aliphatic heterocycles. The van der Waals surface area contributed by atoms with E-state index in [4.69, 9.17) is 5.73 Å². The van der Waals surface area contributed by atoms with E-state index in [0.717, 1.165) is 5.56 Å². The summed E-state index contributed by atoms with van der Waals surface area (Å²) in [5.74, 6) is 0. The number of benzene rings is 6. The largest absolute Gasteiger partial charge is 0.321 e. The molecule has 44 heavy (non-hydrogen) atoms. The van der Waals surface area contributed by atoms with Crippen LogP contribution in [0.25, 0.3) is 49.8 Å². The first kappa shape index (κ1) is 26.7. The van der Waals surface area contributed by atoms with E-state index in [1.807, 2.05) is 18.2 Å². The fourth-order valence-corrected chi connectivity index (χ4v) is 7.24. The highest BCUT2D eigenvalue weighted by molar-refractivity contribution is 6.08. The lowest BCUT2D eigenvalue weighted by atomic mass is 9.81. The SMILES string of the molecule is CC1(C)c2cc3ccccc3cc2-c2c(/C=C/C(NC(N)c3ccccc3)n3c4ccccc4c4ccccc43)cccc21. The van der Waals surface area contributed by atoms with Gasteiger partial charge in [0.2, 0.25) is 0 Å². The summed E-state index contributed by atoms with van der Waals surface area (Å²) in [4.78, 5) is 0. The number of hydrogen-bond acceptors (Lipinski definition) is 2. The number of fused-ring (bicyclic) bond motifs is 7. The van der Waals surface area contributed by atoms with Crippen LogP contribution >= 0.6 is 0 Å². The van der Waals surface area contributed by atoms with Crippen LogP contribution in [0.2, 0.25) is 0 Å². The number of rotatable bonds is 6. The number of nitrogens with zero attached hydrogens (tertiary/aromatic N) is 1. The van der Waals surface area contributed by atoms with Crippen LogP contribution in [0.4, 0.5) is 0 Å². The topological polar surface area (TPSA) is 43.0 Å². The maximum absolute atomic E-state index is 6.84. The first-order chi connectivity index (χ1) is 21.5. The van der Waals surface area contributed by atoms with E-state index in [9.17, 15) is 0 Å². The van der Waals surface area contributed by atoms with Gasteiger partial charge in [0, 0.05) is 16.2 Å². The van der Waals surface area contributed by atoms with Crippen LogP contribution in [0, 0.1) is 0 Å². The highest BCUT2D eigenvalue weighted by atomic mass is 15.2. The second-order valence-electron chi connectivity index (χ2n) is 12.4. The zero-order valence-corrected chi connectivity index (χ0v) is 25.0. The fraction of sp³-hybridized carbons (Fsp3) is 0.122. The molecule has 0 fully saturated rings. The third-order valence-corrected chi connectivity index (χ3v) is 9.46. The molecule has 2 atom stereocenters. The van der Waals surface area contributed by atoms with E-state index in [2.05, 4.69) is 151 Å². The fourth-order valence-electron chi connectivity index (χ4n) is 7.24. The predicted molar refractivity (Wildman–Crippen MR) is 186 cm³/mol. The van der Waals surface area contributed by atoms with Crippen molar-refractivity contribution in [3.63, 3.8) is 0 Å². The minimum Gasteiger partial charge on any atom is -0.321 e. The molecule has 0 spiro atoms. The first-order valence-electron chi connectivity index (χ1n) is 15.4. The lowest BCUT2D eigenvalue weighted by molar-refractivity contribution is 0.433. The van der Waals surface area contributed by atoms with Gasteiger partial charge in [0.15, 0.2) is 0 Å². The van der Waals surface area contributed by atoms with E-state index in [1.54, 1.807) is 0 Å². The van der Waals surface area contributed by atoms with Gasteiger partial charge in [-0.25, -0.2) is 0 Å². The molecular formula is C41H35N3. The van der Waals surface area contributed by atoms with Crippen LogP contribution in [-0.4, -0.2) is 4.57 Å². The molecule has 6 aromatic carbocycles. The van der Waals surface area contributed by atoms with Crippen LogP contribution in [0.3, 0.4) is 0 Å². The molecule has 214 valence electrons. The smallest absolute Gasteiger partial charge is 0.105 e. The number of nitrogens with two attached hydrogens (primary N) is 1. The Hall–Kier alpha value is -4.96. The Labute approximate surface area is 258 Å². The molecule has 2 unspecified atom stereocenters. The molecular weight excluding hydrogens is 534 g/mol. The van der Waals surface area contributed by atoms with Gasteiger partial charge in [-0.05, 0) is 74.5 Å². The maximum atomic E-state index is 6.84. The Kier molecular flexibility index (Phi) is 6.26. The summed E-state index contributed by atoms with van der Waals surface area (Å²) < 4.78 is 2.39. The zero-order valence-electron chi connectivity index (χ0n) is 25.0. The van der Waals surface area contributed by atoms with Crippen molar-refractivity contribution in [3.05, 3.63) is 162 Å². The van der Waals surface area contributed by atoms with Crippen LogP contribution in [-0.2, 0) is 5.41 Å². The van der Waals surface area contributed by atoms with Gasteiger partial charge in [-0.15, -0.1) is 0 Å². The maximum Gasteiger partial charge on any atom is 0.105 e. The Morgan fingerprint density at radius 1 is 0.659 bits per heavy atom. The van der Waals surface area contributed by atoms with Crippen molar-refractivity contribution in [2.24, 2.45) is 5.73 Å². The van der Waals surface area contributed by atoms with Crippen molar-refractivity contribution in [1.29, 1.82) is 0 Å². The molecule has 3 N–H and O–H groups in total. The second-order valence-corrected chi connectivity index (χ2v) is 12.4. The van der Waals surface area contributed by atoms with E-state index in [-0.39, 0.29) is 17.7 Å². The van der Waals surface area contributed by atoms with E-state index < -0.39 is 0 Å². The third-order valence-electron chi connectivity index (χ3n) is 9.46. The number of aromatic nitrogens is 1. The number of hydrogen-bond donors (Lipinski definition) is 2. The normalized spacial score (nSPS) is 15.2. The zero-order chi connectivity index (χ0) is 29.8. The molecule has 7 aromatic rings. The van der Waals surface area contributed by atoms with Crippen LogP contribution in [0.1, 0.15) is 48.4 Å². The molecule has 0 radical (unpaired) electrons. The number of nitrogens with one attached hydrogen (secondary N) is 1. The average molecular weight is 570 g/mol. The van der Waals surface area contributed by atoms with Gasteiger partial charge < -0.3 is 10.3 Å². The molecule has 1 heterocycles.